The van der Waals surface area contributed by atoms with Gasteiger partial charge in [-0.15, -0.1) is 0 Å². The standard InChI is InChI=1S/C23H30FN5O2/c1-3-26-23(29-11-9-17(10-12-29)13-21(30)25-2)28-16-18-7-8-22(27-15-18)31-20-6-4-5-19(24)14-20/h4-8,14-15,17H,3,9-13,16H2,1-2H3,(H,25,30)(H,26,28). The lowest BCUT2D eigenvalue weighted by Gasteiger charge is -2.34. The van der Waals surface area contributed by atoms with Crippen molar-refractivity contribution in [3.05, 3.63) is 54.0 Å². The van der Waals surface area contributed by atoms with Gasteiger partial charge in [-0.25, -0.2) is 14.4 Å². The Morgan fingerprint density at radius 1 is 1.29 bits per heavy atom. The molecule has 0 atom stereocenters. The van der Waals surface area contributed by atoms with Gasteiger partial charge in [0.05, 0.1) is 6.54 Å². The summed E-state index contributed by atoms with van der Waals surface area (Å²) in [6, 6.07) is 9.63. The van der Waals surface area contributed by atoms with Crippen molar-refractivity contribution in [2.45, 2.75) is 32.7 Å². The summed E-state index contributed by atoms with van der Waals surface area (Å²) in [5, 5.41) is 6.06. The molecule has 0 bridgehead atoms. The highest BCUT2D eigenvalue weighted by Crippen LogP contribution is 2.22. The predicted octanol–water partition coefficient (Wildman–Crippen LogP) is 3.33. The second kappa shape index (κ2) is 11.3. The lowest BCUT2D eigenvalue weighted by molar-refractivity contribution is -0.121. The van der Waals surface area contributed by atoms with Gasteiger partial charge in [0, 0.05) is 51.4 Å². The minimum absolute atomic E-state index is 0.108. The zero-order chi connectivity index (χ0) is 22.1. The van der Waals surface area contributed by atoms with Gasteiger partial charge >= 0.3 is 0 Å². The molecular weight excluding hydrogens is 397 g/mol. The highest BCUT2D eigenvalue weighted by molar-refractivity contribution is 5.80. The third-order valence-electron chi connectivity index (χ3n) is 5.23. The van der Waals surface area contributed by atoms with E-state index >= 15 is 0 Å². The number of ether oxygens (including phenoxy) is 1. The van der Waals surface area contributed by atoms with Crippen LogP contribution in [0.25, 0.3) is 0 Å². The number of hydrogen-bond acceptors (Lipinski definition) is 4. The Morgan fingerprint density at radius 2 is 2.10 bits per heavy atom. The highest BCUT2D eigenvalue weighted by atomic mass is 19.1. The normalized spacial score (nSPS) is 14.9. The number of likely N-dealkylation sites (tertiary alicyclic amines) is 1. The molecule has 1 aliphatic heterocycles. The van der Waals surface area contributed by atoms with Gasteiger partial charge in [-0.05, 0) is 43.4 Å². The predicted molar refractivity (Wildman–Crippen MR) is 119 cm³/mol. The molecule has 0 radical (unpaired) electrons. The molecule has 166 valence electrons. The average Bonchev–Trinajstić information content (AvgIpc) is 2.78. The number of aliphatic imine (C=N–C) groups is 1. The van der Waals surface area contributed by atoms with Gasteiger partial charge in [-0.1, -0.05) is 12.1 Å². The topological polar surface area (TPSA) is 78.9 Å². The Morgan fingerprint density at radius 3 is 2.74 bits per heavy atom. The molecule has 0 saturated carbocycles. The van der Waals surface area contributed by atoms with Crippen molar-refractivity contribution in [3.8, 4) is 11.6 Å². The Hall–Kier alpha value is -3.16. The smallest absolute Gasteiger partial charge is 0.220 e. The van der Waals surface area contributed by atoms with Crippen molar-refractivity contribution in [2.75, 3.05) is 26.7 Å². The molecule has 1 aliphatic rings. The summed E-state index contributed by atoms with van der Waals surface area (Å²) in [6.45, 7) is 5.09. The van der Waals surface area contributed by atoms with E-state index in [-0.39, 0.29) is 11.7 Å². The number of rotatable bonds is 7. The minimum Gasteiger partial charge on any atom is -0.439 e. The molecule has 1 fully saturated rings. The van der Waals surface area contributed by atoms with E-state index in [1.165, 1.54) is 12.1 Å². The SMILES string of the molecule is CCNC(=NCc1ccc(Oc2cccc(F)c2)nc1)N1CCC(CC(=O)NC)CC1. The van der Waals surface area contributed by atoms with Crippen molar-refractivity contribution in [3.63, 3.8) is 0 Å². The third kappa shape index (κ3) is 6.94. The van der Waals surface area contributed by atoms with Crippen molar-refractivity contribution in [2.24, 2.45) is 10.9 Å². The zero-order valence-corrected chi connectivity index (χ0v) is 18.1. The van der Waals surface area contributed by atoms with Crippen LogP contribution in [0, 0.1) is 11.7 Å². The van der Waals surface area contributed by atoms with Crippen LogP contribution in [0.2, 0.25) is 0 Å². The lowest BCUT2D eigenvalue weighted by Crippen LogP contribution is -2.46. The molecular formula is C23H30FN5O2. The summed E-state index contributed by atoms with van der Waals surface area (Å²) in [5.41, 5.74) is 0.955. The molecule has 2 N–H and O–H groups in total. The Bertz CT molecular complexity index is 880. The molecule has 0 aliphatic carbocycles. The van der Waals surface area contributed by atoms with Gasteiger partial charge in [0.15, 0.2) is 5.96 Å². The first-order chi connectivity index (χ1) is 15.1. The number of piperidine rings is 1. The summed E-state index contributed by atoms with van der Waals surface area (Å²) in [6.07, 6.45) is 4.27. The molecule has 1 saturated heterocycles. The monoisotopic (exact) mass is 427 g/mol. The highest BCUT2D eigenvalue weighted by Gasteiger charge is 2.23. The van der Waals surface area contributed by atoms with Gasteiger partial charge in [-0.3, -0.25) is 4.79 Å². The minimum atomic E-state index is -0.350. The molecule has 2 aromatic rings. The number of nitrogens with zero attached hydrogens (tertiary/aromatic N) is 3. The summed E-state index contributed by atoms with van der Waals surface area (Å²) in [7, 11) is 1.68. The number of pyridine rings is 1. The fourth-order valence-corrected chi connectivity index (χ4v) is 3.52. The van der Waals surface area contributed by atoms with Crippen LogP contribution in [0.3, 0.4) is 0 Å². The number of carbonyl (C=O) groups is 1. The van der Waals surface area contributed by atoms with Crippen LogP contribution in [0.5, 0.6) is 11.6 Å². The molecule has 1 aromatic heterocycles. The molecule has 1 aromatic carbocycles. The van der Waals surface area contributed by atoms with Crippen molar-refractivity contribution in [1.82, 2.24) is 20.5 Å². The van der Waals surface area contributed by atoms with E-state index in [0.717, 1.165) is 44.0 Å². The van der Waals surface area contributed by atoms with E-state index in [1.807, 2.05) is 13.0 Å². The van der Waals surface area contributed by atoms with Crippen LogP contribution in [-0.2, 0) is 11.3 Å². The molecule has 8 heteroatoms. The number of carbonyl (C=O) groups excluding carboxylic acids is 1. The Labute approximate surface area is 182 Å². The van der Waals surface area contributed by atoms with Gasteiger partial charge in [0.2, 0.25) is 11.8 Å². The lowest BCUT2D eigenvalue weighted by atomic mass is 9.93. The number of halogens is 1. The first kappa shape index (κ1) is 22.5. The Kier molecular flexibility index (Phi) is 8.20. The largest absolute Gasteiger partial charge is 0.439 e. The number of amides is 1. The van der Waals surface area contributed by atoms with Crippen LogP contribution in [0.15, 0.2) is 47.6 Å². The van der Waals surface area contributed by atoms with Crippen LogP contribution < -0.4 is 15.4 Å². The summed E-state index contributed by atoms with van der Waals surface area (Å²) >= 11 is 0. The van der Waals surface area contributed by atoms with Crippen LogP contribution in [0.4, 0.5) is 4.39 Å². The number of hydrogen-bond donors (Lipinski definition) is 2. The number of aromatic nitrogens is 1. The number of nitrogens with one attached hydrogen (secondary N) is 2. The van der Waals surface area contributed by atoms with Gasteiger partial charge < -0.3 is 20.3 Å². The van der Waals surface area contributed by atoms with Gasteiger partial charge in [0.1, 0.15) is 11.6 Å². The first-order valence-electron chi connectivity index (χ1n) is 10.7. The van der Waals surface area contributed by atoms with Crippen molar-refractivity contribution < 1.29 is 13.9 Å². The van der Waals surface area contributed by atoms with Gasteiger partial charge in [0.25, 0.3) is 0 Å². The van der Waals surface area contributed by atoms with E-state index in [2.05, 4.69) is 20.5 Å². The van der Waals surface area contributed by atoms with Crippen LogP contribution >= 0.6 is 0 Å². The molecule has 31 heavy (non-hydrogen) atoms. The summed E-state index contributed by atoms with van der Waals surface area (Å²) < 4.78 is 18.9. The molecule has 1 amide bonds. The second-order valence-corrected chi connectivity index (χ2v) is 7.54. The molecule has 2 heterocycles. The van der Waals surface area contributed by atoms with Gasteiger partial charge in [-0.2, -0.15) is 0 Å². The Balaban J connectivity index is 1.56. The zero-order valence-electron chi connectivity index (χ0n) is 18.1. The second-order valence-electron chi connectivity index (χ2n) is 7.54. The fourth-order valence-electron chi connectivity index (χ4n) is 3.52. The maximum atomic E-state index is 13.3. The number of benzene rings is 1. The fraction of sp³-hybridized carbons (Fsp3) is 0.435. The molecule has 0 unspecified atom stereocenters. The maximum absolute atomic E-state index is 13.3. The maximum Gasteiger partial charge on any atom is 0.220 e. The molecule has 7 nitrogen and oxygen atoms in total. The van der Waals surface area contributed by atoms with Crippen LogP contribution in [-0.4, -0.2) is 48.4 Å². The van der Waals surface area contributed by atoms with Crippen LogP contribution in [0.1, 0.15) is 31.7 Å². The van der Waals surface area contributed by atoms with E-state index in [1.54, 1.807) is 31.4 Å². The van der Waals surface area contributed by atoms with E-state index in [4.69, 9.17) is 9.73 Å². The van der Waals surface area contributed by atoms with E-state index in [0.29, 0.717) is 30.5 Å². The van der Waals surface area contributed by atoms with Crippen molar-refractivity contribution in [1.29, 1.82) is 0 Å². The first-order valence-corrected chi connectivity index (χ1v) is 10.7. The average molecular weight is 428 g/mol. The number of guanidine groups is 1. The molecule has 0 spiro atoms. The third-order valence-corrected chi connectivity index (χ3v) is 5.23. The molecule has 3 rings (SSSR count). The quantitative estimate of drug-likeness (QED) is 0.524. The van der Waals surface area contributed by atoms with E-state index in [9.17, 15) is 9.18 Å². The summed E-state index contributed by atoms with van der Waals surface area (Å²) in [5.74, 6) is 1.87. The summed E-state index contributed by atoms with van der Waals surface area (Å²) in [4.78, 5) is 22.9. The van der Waals surface area contributed by atoms with Crippen molar-refractivity contribution >= 4 is 11.9 Å². The van der Waals surface area contributed by atoms with E-state index < -0.39 is 0 Å².